The number of hydrogen-bond donors (Lipinski definition) is 1. The van der Waals surface area contributed by atoms with Crippen LogP contribution in [0.2, 0.25) is 0 Å². The lowest BCUT2D eigenvalue weighted by molar-refractivity contribution is 0.397. The Morgan fingerprint density at radius 1 is 1.16 bits per heavy atom. The number of hydrogen-bond acceptors (Lipinski definition) is 3. The van der Waals surface area contributed by atoms with Crippen LogP contribution in [-0.4, -0.2) is 18.1 Å². The number of pyridine rings is 1. The zero-order valence-electron chi connectivity index (χ0n) is 11.5. The van der Waals surface area contributed by atoms with E-state index in [1.807, 2.05) is 18.2 Å². The van der Waals surface area contributed by atoms with E-state index in [9.17, 15) is 0 Å². The molecule has 0 saturated carbocycles. The van der Waals surface area contributed by atoms with E-state index in [4.69, 9.17) is 4.74 Å². The number of ether oxygens (including phenoxy) is 1. The number of aromatic nitrogens is 1. The summed E-state index contributed by atoms with van der Waals surface area (Å²) in [5, 5.41) is 3.52. The highest BCUT2D eigenvalue weighted by Crippen LogP contribution is 2.10. The number of rotatable bonds is 6. The van der Waals surface area contributed by atoms with Gasteiger partial charge in [-0.05, 0) is 30.5 Å². The summed E-state index contributed by atoms with van der Waals surface area (Å²) in [7, 11) is 1.64. The smallest absolute Gasteiger partial charge is 0.213 e. The monoisotopic (exact) mass is 256 g/mol. The van der Waals surface area contributed by atoms with Crippen LogP contribution in [-0.2, 0) is 13.0 Å². The van der Waals surface area contributed by atoms with Crippen molar-refractivity contribution in [2.24, 2.45) is 0 Å². The van der Waals surface area contributed by atoms with Gasteiger partial charge in [-0.15, -0.1) is 0 Å². The molecule has 100 valence electrons. The first-order chi connectivity index (χ1) is 9.28. The van der Waals surface area contributed by atoms with Gasteiger partial charge in [0.1, 0.15) is 0 Å². The van der Waals surface area contributed by atoms with Crippen molar-refractivity contribution >= 4 is 0 Å². The Bertz CT molecular complexity index is 499. The summed E-state index contributed by atoms with van der Waals surface area (Å²) >= 11 is 0. The summed E-state index contributed by atoms with van der Waals surface area (Å²) in [5.41, 5.74) is 2.54. The summed E-state index contributed by atoms with van der Waals surface area (Å²) in [4.78, 5) is 4.12. The minimum Gasteiger partial charge on any atom is -0.481 e. The fourth-order valence-electron chi connectivity index (χ4n) is 2.00. The molecule has 0 bridgehead atoms. The molecular weight excluding hydrogens is 236 g/mol. The van der Waals surface area contributed by atoms with Gasteiger partial charge in [-0.1, -0.05) is 30.3 Å². The van der Waals surface area contributed by atoms with E-state index < -0.39 is 0 Å². The molecule has 1 N–H and O–H groups in total. The molecule has 1 atom stereocenters. The van der Waals surface area contributed by atoms with Crippen LogP contribution < -0.4 is 10.1 Å². The fourth-order valence-corrected chi connectivity index (χ4v) is 2.00. The molecule has 0 radical (unpaired) electrons. The Morgan fingerprint density at radius 2 is 1.95 bits per heavy atom. The van der Waals surface area contributed by atoms with Gasteiger partial charge in [0.25, 0.3) is 0 Å². The Labute approximate surface area is 114 Å². The van der Waals surface area contributed by atoms with E-state index in [0.717, 1.165) is 13.0 Å². The van der Waals surface area contributed by atoms with Crippen LogP contribution >= 0.6 is 0 Å². The van der Waals surface area contributed by atoms with E-state index in [0.29, 0.717) is 11.9 Å². The Kier molecular flexibility index (Phi) is 4.93. The molecule has 3 heteroatoms. The Hall–Kier alpha value is -1.87. The minimum atomic E-state index is 0.410. The first kappa shape index (κ1) is 13.6. The van der Waals surface area contributed by atoms with Gasteiger partial charge in [0.05, 0.1) is 7.11 Å². The summed E-state index contributed by atoms with van der Waals surface area (Å²) in [6.45, 7) is 3.08. The second-order valence-corrected chi connectivity index (χ2v) is 4.68. The van der Waals surface area contributed by atoms with Crippen molar-refractivity contribution in [3.63, 3.8) is 0 Å². The van der Waals surface area contributed by atoms with Crippen LogP contribution in [0.3, 0.4) is 0 Å². The van der Waals surface area contributed by atoms with Gasteiger partial charge in [0.15, 0.2) is 0 Å². The first-order valence-electron chi connectivity index (χ1n) is 6.54. The average molecular weight is 256 g/mol. The largest absolute Gasteiger partial charge is 0.481 e. The van der Waals surface area contributed by atoms with Crippen LogP contribution in [0.25, 0.3) is 0 Å². The predicted molar refractivity (Wildman–Crippen MR) is 77.2 cm³/mol. The maximum absolute atomic E-state index is 5.13. The van der Waals surface area contributed by atoms with Crippen molar-refractivity contribution in [2.45, 2.75) is 25.9 Å². The number of nitrogens with zero attached hydrogens (tertiary/aromatic N) is 1. The molecule has 1 aromatic heterocycles. The Balaban J connectivity index is 1.85. The molecule has 0 aliphatic rings. The van der Waals surface area contributed by atoms with Crippen molar-refractivity contribution < 1.29 is 4.74 Å². The summed E-state index contributed by atoms with van der Waals surface area (Å²) < 4.78 is 5.13. The SMILES string of the molecule is COc1cc(C[C@H](C)NCc2ccccc2)ccn1. The second-order valence-electron chi connectivity index (χ2n) is 4.68. The summed E-state index contributed by atoms with van der Waals surface area (Å²) in [6, 6.07) is 14.9. The molecule has 0 aliphatic carbocycles. The molecule has 0 saturated heterocycles. The van der Waals surface area contributed by atoms with E-state index in [2.05, 4.69) is 41.5 Å². The minimum absolute atomic E-state index is 0.410. The molecule has 0 aliphatic heterocycles. The molecule has 0 spiro atoms. The van der Waals surface area contributed by atoms with Gasteiger partial charge in [0, 0.05) is 24.8 Å². The molecular formula is C16H20N2O. The summed E-state index contributed by atoms with van der Waals surface area (Å²) in [5.74, 6) is 0.674. The third-order valence-corrected chi connectivity index (χ3v) is 3.05. The lowest BCUT2D eigenvalue weighted by Crippen LogP contribution is -2.27. The van der Waals surface area contributed by atoms with E-state index in [1.54, 1.807) is 13.3 Å². The van der Waals surface area contributed by atoms with Gasteiger partial charge in [-0.3, -0.25) is 0 Å². The normalized spacial score (nSPS) is 12.1. The van der Waals surface area contributed by atoms with E-state index in [-0.39, 0.29) is 0 Å². The fraction of sp³-hybridized carbons (Fsp3) is 0.312. The van der Waals surface area contributed by atoms with Crippen LogP contribution in [0.15, 0.2) is 48.7 Å². The number of nitrogens with one attached hydrogen (secondary N) is 1. The lowest BCUT2D eigenvalue weighted by Gasteiger charge is -2.14. The molecule has 2 rings (SSSR count). The molecule has 1 heterocycles. The van der Waals surface area contributed by atoms with E-state index in [1.165, 1.54) is 11.1 Å². The molecule has 19 heavy (non-hydrogen) atoms. The zero-order valence-corrected chi connectivity index (χ0v) is 11.5. The number of benzene rings is 1. The number of methoxy groups -OCH3 is 1. The van der Waals surface area contributed by atoms with Gasteiger partial charge in [-0.25, -0.2) is 4.98 Å². The van der Waals surface area contributed by atoms with Crippen molar-refractivity contribution in [3.8, 4) is 5.88 Å². The van der Waals surface area contributed by atoms with E-state index >= 15 is 0 Å². The standard InChI is InChI=1S/C16H20N2O/c1-13(18-12-14-6-4-3-5-7-14)10-15-8-9-17-16(11-15)19-2/h3-9,11,13,18H,10,12H2,1-2H3/t13-/m0/s1. The van der Waals surface area contributed by atoms with Crippen molar-refractivity contribution in [2.75, 3.05) is 7.11 Å². The maximum Gasteiger partial charge on any atom is 0.213 e. The maximum atomic E-state index is 5.13. The van der Waals surface area contributed by atoms with Gasteiger partial charge in [0.2, 0.25) is 5.88 Å². The quantitative estimate of drug-likeness (QED) is 0.863. The molecule has 3 nitrogen and oxygen atoms in total. The third-order valence-electron chi connectivity index (χ3n) is 3.05. The third kappa shape index (κ3) is 4.38. The molecule has 0 unspecified atom stereocenters. The molecule has 0 amide bonds. The van der Waals surface area contributed by atoms with Crippen LogP contribution in [0.1, 0.15) is 18.1 Å². The highest BCUT2D eigenvalue weighted by atomic mass is 16.5. The van der Waals surface area contributed by atoms with Crippen molar-refractivity contribution in [3.05, 3.63) is 59.8 Å². The first-order valence-corrected chi connectivity index (χ1v) is 6.54. The topological polar surface area (TPSA) is 34.1 Å². The van der Waals surface area contributed by atoms with Crippen molar-refractivity contribution in [1.82, 2.24) is 10.3 Å². The van der Waals surface area contributed by atoms with Gasteiger partial charge < -0.3 is 10.1 Å². The molecule has 2 aromatic rings. The van der Waals surface area contributed by atoms with Gasteiger partial charge >= 0.3 is 0 Å². The molecule has 0 fully saturated rings. The van der Waals surface area contributed by atoms with Crippen LogP contribution in [0, 0.1) is 0 Å². The highest BCUT2D eigenvalue weighted by molar-refractivity contribution is 5.21. The Morgan fingerprint density at radius 3 is 2.68 bits per heavy atom. The molecule has 1 aromatic carbocycles. The zero-order chi connectivity index (χ0) is 13.5. The van der Waals surface area contributed by atoms with Crippen LogP contribution in [0.4, 0.5) is 0 Å². The average Bonchev–Trinajstić information content (AvgIpc) is 2.46. The summed E-state index contributed by atoms with van der Waals surface area (Å²) in [6.07, 6.45) is 2.75. The van der Waals surface area contributed by atoms with Crippen molar-refractivity contribution in [1.29, 1.82) is 0 Å². The lowest BCUT2D eigenvalue weighted by atomic mass is 10.1. The van der Waals surface area contributed by atoms with Crippen LogP contribution in [0.5, 0.6) is 5.88 Å². The highest BCUT2D eigenvalue weighted by Gasteiger charge is 2.04. The predicted octanol–water partition coefficient (Wildman–Crippen LogP) is 2.81. The second kappa shape index (κ2) is 6.90. The van der Waals surface area contributed by atoms with Gasteiger partial charge in [-0.2, -0.15) is 0 Å².